The maximum atomic E-state index is 12.3. The normalized spacial score (nSPS) is 18.6. The van der Waals surface area contributed by atoms with E-state index >= 15 is 0 Å². The summed E-state index contributed by atoms with van der Waals surface area (Å²) in [7, 11) is 0. The molecule has 1 aromatic heterocycles. The summed E-state index contributed by atoms with van der Waals surface area (Å²) in [6.07, 6.45) is 3.56. The summed E-state index contributed by atoms with van der Waals surface area (Å²) in [5, 5.41) is 0. The molecule has 0 radical (unpaired) electrons. The first kappa shape index (κ1) is 16.6. The number of likely N-dealkylation sites (tertiary alicyclic amines) is 1. The van der Waals surface area contributed by atoms with Gasteiger partial charge in [0.15, 0.2) is 0 Å². The highest BCUT2D eigenvalue weighted by molar-refractivity contribution is 5.69. The van der Waals surface area contributed by atoms with E-state index in [9.17, 15) is 4.79 Å². The van der Waals surface area contributed by atoms with Crippen molar-refractivity contribution in [2.75, 3.05) is 6.54 Å². The molecule has 5 nitrogen and oxygen atoms in total. The predicted molar refractivity (Wildman–Crippen MR) is 84.9 cm³/mol. The second-order valence-electron chi connectivity index (χ2n) is 6.93. The zero-order valence-electron chi connectivity index (χ0n) is 14.1. The van der Waals surface area contributed by atoms with Crippen molar-refractivity contribution in [3.8, 4) is 5.88 Å². The number of amides is 1. The lowest BCUT2D eigenvalue weighted by molar-refractivity contribution is 0.0224. The fourth-order valence-electron chi connectivity index (χ4n) is 2.55. The summed E-state index contributed by atoms with van der Waals surface area (Å²) in [4.78, 5) is 18.4. The lowest BCUT2D eigenvalue weighted by Gasteiger charge is -2.28. The van der Waals surface area contributed by atoms with Gasteiger partial charge in [0.1, 0.15) is 5.60 Å². The minimum absolute atomic E-state index is 0.0375. The van der Waals surface area contributed by atoms with E-state index in [1.807, 2.05) is 46.8 Å². The molecule has 0 aliphatic carbocycles. The van der Waals surface area contributed by atoms with E-state index in [1.54, 1.807) is 11.1 Å². The monoisotopic (exact) mass is 306 g/mol. The second kappa shape index (κ2) is 6.55. The first-order valence-electron chi connectivity index (χ1n) is 7.88. The zero-order chi connectivity index (χ0) is 16.3. The number of carbonyl (C=O) groups is 1. The third-order valence-electron chi connectivity index (χ3n) is 3.38. The van der Waals surface area contributed by atoms with E-state index in [-0.39, 0.29) is 18.2 Å². The second-order valence-corrected chi connectivity index (χ2v) is 6.93. The molecule has 0 N–H and O–H groups in total. The molecule has 0 unspecified atom stereocenters. The van der Waals surface area contributed by atoms with E-state index in [4.69, 9.17) is 9.47 Å². The average molecular weight is 306 g/mol. The van der Waals surface area contributed by atoms with Crippen molar-refractivity contribution >= 4 is 6.09 Å². The van der Waals surface area contributed by atoms with Gasteiger partial charge in [-0.15, -0.1) is 0 Å². The van der Waals surface area contributed by atoms with Gasteiger partial charge in [-0.05, 0) is 53.0 Å². The third kappa shape index (κ3) is 4.36. The quantitative estimate of drug-likeness (QED) is 0.848. The van der Waals surface area contributed by atoms with E-state index in [1.165, 1.54) is 0 Å². The van der Waals surface area contributed by atoms with Crippen molar-refractivity contribution < 1.29 is 14.3 Å². The van der Waals surface area contributed by atoms with Gasteiger partial charge in [0.05, 0.1) is 12.1 Å². The van der Waals surface area contributed by atoms with Crippen LogP contribution in [-0.4, -0.2) is 34.2 Å². The van der Waals surface area contributed by atoms with Crippen molar-refractivity contribution in [1.82, 2.24) is 9.88 Å². The number of hydrogen-bond acceptors (Lipinski definition) is 4. The highest BCUT2D eigenvalue weighted by Crippen LogP contribution is 2.33. The molecule has 1 aliphatic heterocycles. The first-order valence-corrected chi connectivity index (χ1v) is 7.88. The molecule has 5 heteroatoms. The summed E-state index contributed by atoms with van der Waals surface area (Å²) < 4.78 is 11.0. The summed E-state index contributed by atoms with van der Waals surface area (Å²) >= 11 is 0. The van der Waals surface area contributed by atoms with Crippen LogP contribution in [0.5, 0.6) is 5.88 Å². The molecular weight excluding hydrogens is 280 g/mol. The molecule has 0 saturated carbocycles. The lowest BCUT2D eigenvalue weighted by Crippen LogP contribution is -2.36. The van der Waals surface area contributed by atoms with Crippen molar-refractivity contribution in [2.24, 2.45) is 0 Å². The van der Waals surface area contributed by atoms with Gasteiger partial charge >= 0.3 is 6.09 Å². The Bertz CT molecular complexity index is 506. The van der Waals surface area contributed by atoms with Crippen LogP contribution in [0.4, 0.5) is 4.79 Å². The van der Waals surface area contributed by atoms with Crippen molar-refractivity contribution in [3.63, 3.8) is 0 Å². The lowest BCUT2D eigenvalue weighted by atomic mass is 10.1. The minimum Gasteiger partial charge on any atom is -0.475 e. The van der Waals surface area contributed by atoms with Gasteiger partial charge in [0.25, 0.3) is 0 Å². The zero-order valence-corrected chi connectivity index (χ0v) is 14.1. The number of ether oxygens (including phenoxy) is 2. The molecule has 0 spiro atoms. The van der Waals surface area contributed by atoms with Crippen molar-refractivity contribution in [3.05, 3.63) is 23.9 Å². The number of hydrogen-bond donors (Lipinski definition) is 0. The average Bonchev–Trinajstić information content (AvgIpc) is 2.86. The molecular formula is C17H26N2O3. The largest absolute Gasteiger partial charge is 0.475 e. The molecule has 22 heavy (non-hydrogen) atoms. The van der Waals surface area contributed by atoms with E-state index < -0.39 is 5.60 Å². The molecule has 122 valence electrons. The summed E-state index contributed by atoms with van der Waals surface area (Å²) in [5.74, 6) is 0.612. The van der Waals surface area contributed by atoms with Gasteiger partial charge in [-0.1, -0.05) is 6.07 Å². The number of carbonyl (C=O) groups excluding carboxylic acids is 1. The Morgan fingerprint density at radius 1 is 1.36 bits per heavy atom. The highest BCUT2D eigenvalue weighted by atomic mass is 16.6. The molecule has 2 heterocycles. The Morgan fingerprint density at radius 3 is 2.64 bits per heavy atom. The number of pyridine rings is 1. The molecule has 1 aromatic rings. The maximum absolute atomic E-state index is 12.3. The van der Waals surface area contributed by atoms with Crippen LogP contribution in [-0.2, 0) is 4.74 Å². The van der Waals surface area contributed by atoms with Crippen LogP contribution in [0.25, 0.3) is 0 Å². The minimum atomic E-state index is -0.475. The van der Waals surface area contributed by atoms with Gasteiger partial charge in [-0.3, -0.25) is 0 Å². The van der Waals surface area contributed by atoms with Crippen LogP contribution in [0.1, 0.15) is 59.1 Å². The molecule has 1 aliphatic rings. The summed E-state index contributed by atoms with van der Waals surface area (Å²) in [6, 6.07) is 3.88. The summed E-state index contributed by atoms with van der Waals surface area (Å²) in [5.41, 5.74) is 0.553. The van der Waals surface area contributed by atoms with Gasteiger partial charge in [-0.25, -0.2) is 9.78 Å². The van der Waals surface area contributed by atoms with Crippen LogP contribution in [0, 0.1) is 0 Å². The van der Waals surface area contributed by atoms with Gasteiger partial charge in [0, 0.05) is 18.8 Å². The molecule has 1 saturated heterocycles. The Kier molecular flexibility index (Phi) is 4.94. The van der Waals surface area contributed by atoms with E-state index in [0.717, 1.165) is 24.9 Å². The van der Waals surface area contributed by atoms with Gasteiger partial charge < -0.3 is 14.4 Å². The van der Waals surface area contributed by atoms with E-state index in [2.05, 4.69) is 4.98 Å². The molecule has 1 fully saturated rings. The molecule has 1 amide bonds. The number of aromatic nitrogens is 1. The highest BCUT2D eigenvalue weighted by Gasteiger charge is 2.33. The fraction of sp³-hybridized carbons (Fsp3) is 0.647. The Hall–Kier alpha value is -1.78. The number of rotatable bonds is 3. The van der Waals surface area contributed by atoms with Crippen LogP contribution >= 0.6 is 0 Å². The first-order chi connectivity index (χ1) is 10.3. The Labute approximate surface area is 132 Å². The Balaban J connectivity index is 2.08. The van der Waals surface area contributed by atoms with Crippen LogP contribution in [0.2, 0.25) is 0 Å². The van der Waals surface area contributed by atoms with Crippen molar-refractivity contribution in [2.45, 2.75) is 65.2 Å². The summed E-state index contributed by atoms with van der Waals surface area (Å²) in [6.45, 7) is 10.3. The van der Waals surface area contributed by atoms with Crippen molar-refractivity contribution in [1.29, 1.82) is 0 Å². The predicted octanol–water partition coefficient (Wildman–Crippen LogP) is 3.94. The van der Waals surface area contributed by atoms with Gasteiger partial charge in [0.2, 0.25) is 5.88 Å². The smallest absolute Gasteiger partial charge is 0.410 e. The van der Waals surface area contributed by atoms with Crippen LogP contribution in [0.15, 0.2) is 18.3 Å². The topological polar surface area (TPSA) is 51.7 Å². The molecule has 0 aromatic carbocycles. The standard InChI is InChI=1S/C17H26N2O3/c1-12(2)21-15-9-8-13(11-18-15)14-7-6-10-19(14)16(20)22-17(3,4)5/h8-9,11-12,14H,6-7,10H2,1-5H3/t14-/m0/s1. The van der Waals surface area contributed by atoms with Crippen LogP contribution < -0.4 is 4.74 Å². The number of nitrogens with zero attached hydrogens (tertiary/aromatic N) is 2. The van der Waals surface area contributed by atoms with Gasteiger partial charge in [-0.2, -0.15) is 0 Å². The molecule has 2 rings (SSSR count). The molecule has 0 bridgehead atoms. The fourth-order valence-corrected chi connectivity index (χ4v) is 2.55. The Morgan fingerprint density at radius 2 is 2.09 bits per heavy atom. The molecule has 1 atom stereocenters. The van der Waals surface area contributed by atoms with Crippen LogP contribution in [0.3, 0.4) is 0 Å². The third-order valence-corrected chi connectivity index (χ3v) is 3.38. The maximum Gasteiger partial charge on any atom is 0.410 e. The van der Waals surface area contributed by atoms with E-state index in [0.29, 0.717) is 5.88 Å². The SMILES string of the molecule is CC(C)Oc1ccc([C@@H]2CCCN2C(=O)OC(C)(C)C)cn1.